The molecule has 0 atom stereocenters. The quantitative estimate of drug-likeness (QED) is 0.590. The highest BCUT2D eigenvalue weighted by atomic mass is 16.3. The number of aromatic nitrogens is 3. The molecule has 24 heavy (non-hydrogen) atoms. The van der Waals surface area contributed by atoms with Crippen molar-refractivity contribution in [2.45, 2.75) is 13.8 Å². The second kappa shape index (κ2) is 6.41. The number of nitrogens with one attached hydrogen (secondary N) is 3. The van der Waals surface area contributed by atoms with Crippen LogP contribution in [0.1, 0.15) is 12.5 Å². The summed E-state index contributed by atoms with van der Waals surface area (Å²) in [5.74, 6) is 1.22. The van der Waals surface area contributed by atoms with E-state index >= 15 is 0 Å². The monoisotopic (exact) mass is 323 g/mol. The number of H-pyrrole nitrogens is 1. The molecule has 4 N–H and O–H groups in total. The number of aromatic hydroxyl groups is 1. The van der Waals surface area contributed by atoms with Crippen LogP contribution in [0.4, 0.5) is 17.3 Å². The highest BCUT2D eigenvalue weighted by Crippen LogP contribution is 2.25. The van der Waals surface area contributed by atoms with Crippen molar-refractivity contribution in [1.82, 2.24) is 15.2 Å². The fraction of sp³-hybridized carbons (Fsp3) is 0.118. The molecule has 1 amide bonds. The Morgan fingerprint density at radius 1 is 1.17 bits per heavy atom. The second-order valence-electron chi connectivity index (χ2n) is 5.40. The second-order valence-corrected chi connectivity index (χ2v) is 5.40. The standard InChI is InChI=1S/C17H17N5O2/c1-10-7-16(19-11(2)23)18-9-15(10)20-17-8-14(21-22-17)12-3-5-13(24)6-4-12/h3-9,24H,1-2H3,(H,18,19,23)(H2,20,21,22). The van der Waals surface area contributed by atoms with Gasteiger partial charge >= 0.3 is 0 Å². The third kappa shape index (κ3) is 3.52. The summed E-state index contributed by atoms with van der Waals surface area (Å²) >= 11 is 0. The molecule has 0 saturated carbocycles. The van der Waals surface area contributed by atoms with Gasteiger partial charge < -0.3 is 15.7 Å². The lowest BCUT2D eigenvalue weighted by molar-refractivity contribution is -0.114. The Bertz CT molecular complexity index is 871. The lowest BCUT2D eigenvalue weighted by atomic mass is 10.1. The average molecular weight is 323 g/mol. The summed E-state index contributed by atoms with van der Waals surface area (Å²) < 4.78 is 0. The topological polar surface area (TPSA) is 103 Å². The Kier molecular flexibility index (Phi) is 4.15. The summed E-state index contributed by atoms with van der Waals surface area (Å²) in [6.07, 6.45) is 1.65. The molecule has 0 saturated heterocycles. The van der Waals surface area contributed by atoms with Crippen LogP contribution in [0.5, 0.6) is 5.75 Å². The molecule has 3 aromatic rings. The van der Waals surface area contributed by atoms with Gasteiger partial charge in [0.15, 0.2) is 5.82 Å². The van der Waals surface area contributed by atoms with Gasteiger partial charge in [-0.3, -0.25) is 9.89 Å². The summed E-state index contributed by atoms with van der Waals surface area (Å²) in [6, 6.07) is 10.5. The number of aromatic amines is 1. The maximum atomic E-state index is 11.1. The first-order chi connectivity index (χ1) is 11.5. The van der Waals surface area contributed by atoms with Gasteiger partial charge in [-0.25, -0.2) is 4.98 Å². The van der Waals surface area contributed by atoms with Crippen molar-refractivity contribution in [3.8, 4) is 17.0 Å². The number of carbonyl (C=O) groups is 1. The minimum absolute atomic E-state index is 0.159. The molecule has 0 bridgehead atoms. The van der Waals surface area contributed by atoms with Gasteiger partial charge in [-0.1, -0.05) is 0 Å². The molecule has 0 aliphatic heterocycles. The number of benzene rings is 1. The number of amides is 1. The summed E-state index contributed by atoms with van der Waals surface area (Å²) in [6.45, 7) is 3.36. The van der Waals surface area contributed by atoms with Crippen molar-refractivity contribution < 1.29 is 9.90 Å². The molecule has 0 unspecified atom stereocenters. The number of rotatable bonds is 4. The van der Waals surface area contributed by atoms with Crippen LogP contribution in [0.15, 0.2) is 42.6 Å². The van der Waals surface area contributed by atoms with Crippen LogP contribution in [0.2, 0.25) is 0 Å². The number of aryl methyl sites for hydroxylation is 1. The minimum Gasteiger partial charge on any atom is -0.508 e. The fourth-order valence-corrected chi connectivity index (χ4v) is 2.25. The van der Waals surface area contributed by atoms with Crippen LogP contribution < -0.4 is 10.6 Å². The molecule has 0 aliphatic rings. The molecular formula is C17H17N5O2. The molecule has 2 heterocycles. The molecule has 122 valence electrons. The van der Waals surface area contributed by atoms with Gasteiger partial charge in [0.05, 0.1) is 17.6 Å². The third-order valence-electron chi connectivity index (χ3n) is 3.43. The summed E-state index contributed by atoms with van der Waals surface area (Å²) in [4.78, 5) is 15.3. The number of phenolic OH excluding ortho intramolecular Hbond substituents is 1. The Hall–Kier alpha value is -3.35. The molecule has 1 aromatic carbocycles. The average Bonchev–Trinajstić information content (AvgIpc) is 2.99. The smallest absolute Gasteiger partial charge is 0.222 e. The van der Waals surface area contributed by atoms with Crippen molar-refractivity contribution in [2.75, 3.05) is 10.6 Å². The maximum absolute atomic E-state index is 11.1. The number of hydrogen-bond donors (Lipinski definition) is 4. The van der Waals surface area contributed by atoms with Crippen LogP contribution >= 0.6 is 0 Å². The highest BCUT2D eigenvalue weighted by Gasteiger charge is 2.07. The zero-order chi connectivity index (χ0) is 17.1. The fourth-order valence-electron chi connectivity index (χ4n) is 2.25. The molecular weight excluding hydrogens is 306 g/mol. The number of anilines is 3. The number of hydrogen-bond acceptors (Lipinski definition) is 5. The lowest BCUT2D eigenvalue weighted by Gasteiger charge is -2.08. The predicted octanol–water partition coefficient (Wildman–Crippen LogP) is 3.19. The number of pyridine rings is 1. The van der Waals surface area contributed by atoms with Crippen LogP contribution in [-0.2, 0) is 4.79 Å². The summed E-state index contributed by atoms with van der Waals surface area (Å²) in [7, 11) is 0. The highest BCUT2D eigenvalue weighted by molar-refractivity contribution is 5.87. The Morgan fingerprint density at radius 2 is 1.92 bits per heavy atom. The Morgan fingerprint density at radius 3 is 2.58 bits per heavy atom. The van der Waals surface area contributed by atoms with E-state index in [2.05, 4.69) is 25.8 Å². The molecule has 7 nitrogen and oxygen atoms in total. The van der Waals surface area contributed by atoms with E-state index in [1.807, 2.05) is 25.1 Å². The van der Waals surface area contributed by atoms with Crippen LogP contribution in [0, 0.1) is 6.92 Å². The van der Waals surface area contributed by atoms with Gasteiger partial charge in [-0.15, -0.1) is 0 Å². The first-order valence-electron chi connectivity index (χ1n) is 7.37. The van der Waals surface area contributed by atoms with Crippen LogP contribution in [0.25, 0.3) is 11.3 Å². The molecule has 0 aliphatic carbocycles. The van der Waals surface area contributed by atoms with E-state index in [4.69, 9.17) is 0 Å². The van der Waals surface area contributed by atoms with Gasteiger partial charge in [0.25, 0.3) is 0 Å². The van der Waals surface area contributed by atoms with Gasteiger partial charge in [-0.05, 0) is 48.4 Å². The van der Waals surface area contributed by atoms with Crippen molar-refractivity contribution in [3.63, 3.8) is 0 Å². The van der Waals surface area contributed by atoms with Crippen molar-refractivity contribution in [1.29, 1.82) is 0 Å². The third-order valence-corrected chi connectivity index (χ3v) is 3.43. The first kappa shape index (κ1) is 15.5. The first-order valence-corrected chi connectivity index (χ1v) is 7.37. The molecule has 0 fully saturated rings. The number of nitrogens with zero attached hydrogens (tertiary/aromatic N) is 2. The van der Waals surface area contributed by atoms with Crippen molar-refractivity contribution in [2.24, 2.45) is 0 Å². The lowest BCUT2D eigenvalue weighted by Crippen LogP contribution is -2.08. The van der Waals surface area contributed by atoms with E-state index in [0.29, 0.717) is 11.6 Å². The van der Waals surface area contributed by atoms with E-state index in [1.165, 1.54) is 6.92 Å². The molecule has 3 rings (SSSR count). The Labute approximate surface area is 138 Å². The minimum atomic E-state index is -0.159. The molecule has 7 heteroatoms. The SMILES string of the molecule is CC(=O)Nc1cc(C)c(Nc2cc(-c3ccc(O)cc3)[nH]n2)cn1. The van der Waals surface area contributed by atoms with Gasteiger partial charge in [0.1, 0.15) is 11.6 Å². The van der Waals surface area contributed by atoms with Crippen LogP contribution in [-0.4, -0.2) is 26.2 Å². The molecule has 2 aromatic heterocycles. The van der Waals surface area contributed by atoms with E-state index in [9.17, 15) is 9.90 Å². The number of phenols is 1. The van der Waals surface area contributed by atoms with E-state index in [-0.39, 0.29) is 11.7 Å². The zero-order valence-corrected chi connectivity index (χ0v) is 13.3. The number of carbonyl (C=O) groups excluding carboxylic acids is 1. The largest absolute Gasteiger partial charge is 0.508 e. The molecule has 0 radical (unpaired) electrons. The van der Waals surface area contributed by atoms with Crippen LogP contribution in [0.3, 0.4) is 0 Å². The predicted molar refractivity (Wildman–Crippen MR) is 92.2 cm³/mol. The van der Waals surface area contributed by atoms with Crippen molar-refractivity contribution in [3.05, 3.63) is 48.2 Å². The van der Waals surface area contributed by atoms with E-state index < -0.39 is 0 Å². The van der Waals surface area contributed by atoms with Gasteiger partial charge in [0, 0.05) is 13.0 Å². The summed E-state index contributed by atoms with van der Waals surface area (Å²) in [5.41, 5.74) is 3.48. The zero-order valence-electron chi connectivity index (χ0n) is 13.3. The van der Waals surface area contributed by atoms with Crippen molar-refractivity contribution >= 4 is 23.2 Å². The van der Waals surface area contributed by atoms with Gasteiger partial charge in [-0.2, -0.15) is 5.10 Å². The van der Waals surface area contributed by atoms with E-state index in [0.717, 1.165) is 22.5 Å². The Balaban J connectivity index is 1.77. The molecule has 0 spiro atoms. The normalized spacial score (nSPS) is 10.4. The van der Waals surface area contributed by atoms with Gasteiger partial charge in [0.2, 0.25) is 5.91 Å². The van der Waals surface area contributed by atoms with E-state index in [1.54, 1.807) is 24.4 Å². The maximum Gasteiger partial charge on any atom is 0.222 e. The summed E-state index contributed by atoms with van der Waals surface area (Å²) in [5, 5.41) is 22.3.